The summed E-state index contributed by atoms with van der Waals surface area (Å²) in [6.45, 7) is 1.28. The lowest BCUT2D eigenvalue weighted by molar-refractivity contribution is -0.137. The van der Waals surface area contributed by atoms with Crippen molar-refractivity contribution in [2.24, 2.45) is 10.4 Å². The average Bonchev–Trinajstić information content (AvgIpc) is 3.95. The van der Waals surface area contributed by atoms with Gasteiger partial charge < -0.3 is 56.2 Å². The summed E-state index contributed by atoms with van der Waals surface area (Å²) in [5, 5.41) is 29.6. The summed E-state index contributed by atoms with van der Waals surface area (Å²) in [5.41, 5.74) is 7.52. The zero-order valence-electron chi connectivity index (χ0n) is 35.8. The summed E-state index contributed by atoms with van der Waals surface area (Å²) in [4.78, 5) is 92.7. The molecule has 1 fully saturated rings. The van der Waals surface area contributed by atoms with Crippen molar-refractivity contribution in [2.75, 3.05) is 50.1 Å². The fourth-order valence-electron chi connectivity index (χ4n) is 6.59. The molecule has 66 heavy (non-hydrogen) atoms. The maximum atomic E-state index is 12.7. The number of rotatable bonds is 27. The summed E-state index contributed by atoms with van der Waals surface area (Å²) < 4.78 is 62.4. The first-order valence-corrected chi connectivity index (χ1v) is 26.1. The molecule has 4 heterocycles. The van der Waals surface area contributed by atoms with Crippen LogP contribution in [0.5, 0.6) is 0 Å². The lowest BCUT2D eigenvalue weighted by Crippen LogP contribution is -2.46. The van der Waals surface area contributed by atoms with Crippen molar-refractivity contribution in [3.8, 4) is 0 Å². The molecular weight excluding hydrogens is 955 g/mol. The first kappa shape index (κ1) is 53.2. The number of nitrogens with zero attached hydrogens (tertiary/aromatic N) is 5. The van der Waals surface area contributed by atoms with Gasteiger partial charge in [0.05, 0.1) is 25.2 Å². The van der Waals surface area contributed by atoms with Crippen LogP contribution < -0.4 is 21.7 Å². The number of carbonyl (C=O) groups excluding carboxylic acids is 3. The number of aliphatic hydroxyl groups excluding tert-OH is 2. The lowest BCUT2D eigenvalue weighted by atomic mass is 9.87. The van der Waals surface area contributed by atoms with Crippen LogP contribution in [0, 0.1) is 5.41 Å². The van der Waals surface area contributed by atoms with Gasteiger partial charge in [-0.05, 0) is 37.0 Å². The third kappa shape index (κ3) is 15.7. The van der Waals surface area contributed by atoms with E-state index in [1.54, 1.807) is 11.8 Å². The number of nitrogen functional groups attached to an aromatic ring is 1. The number of aliphatic imine (C=N–C) groups is 1. The van der Waals surface area contributed by atoms with Gasteiger partial charge in [-0.15, -0.1) is 0 Å². The van der Waals surface area contributed by atoms with Crippen molar-refractivity contribution in [1.29, 1.82) is 0 Å². The zero-order valence-corrected chi connectivity index (χ0v) is 39.3. The van der Waals surface area contributed by atoms with Crippen LogP contribution in [0.1, 0.15) is 58.6 Å². The highest BCUT2D eigenvalue weighted by atomic mass is 32.2. The summed E-state index contributed by atoms with van der Waals surface area (Å²) >= 11 is 1.62. The monoisotopic (exact) mass is 1010 g/mol. The van der Waals surface area contributed by atoms with E-state index in [1.165, 1.54) is 13.8 Å². The van der Waals surface area contributed by atoms with Gasteiger partial charge in [0, 0.05) is 55.4 Å². The van der Waals surface area contributed by atoms with Gasteiger partial charge in [0.15, 0.2) is 17.7 Å². The molecule has 7 atom stereocenters. The van der Waals surface area contributed by atoms with Crippen molar-refractivity contribution in [1.82, 2.24) is 35.5 Å². The van der Waals surface area contributed by atoms with E-state index in [4.69, 9.17) is 19.5 Å². The van der Waals surface area contributed by atoms with Gasteiger partial charge in [-0.1, -0.05) is 32.1 Å². The van der Waals surface area contributed by atoms with Gasteiger partial charge in [-0.3, -0.25) is 37.5 Å². The maximum Gasteiger partial charge on any atom is 0.481 e. The highest BCUT2D eigenvalue weighted by Crippen LogP contribution is 2.61. The molecule has 3 amide bonds. The molecule has 2 aliphatic heterocycles. The van der Waals surface area contributed by atoms with Crippen LogP contribution >= 0.6 is 35.2 Å². The number of aliphatic hydroxyl groups is 2. The summed E-state index contributed by atoms with van der Waals surface area (Å²) in [5.74, 6) is 0.0703. The van der Waals surface area contributed by atoms with Crippen LogP contribution in [0.15, 0.2) is 52.7 Å². The quantitative estimate of drug-likeness (QED) is 0.0441. The fourth-order valence-corrected chi connectivity index (χ4v) is 10.3. The first-order valence-electron chi connectivity index (χ1n) is 20.4. The van der Waals surface area contributed by atoms with E-state index in [9.17, 15) is 57.9 Å². The smallest absolute Gasteiger partial charge is 0.386 e. The number of nitrogens with two attached hydrogens (primary N) is 1. The van der Waals surface area contributed by atoms with Gasteiger partial charge in [0.25, 0.3) is 0 Å². The maximum absolute atomic E-state index is 12.7. The lowest BCUT2D eigenvalue weighted by Gasteiger charge is -2.30. The molecule has 5 rings (SSSR count). The molecule has 0 bridgehead atoms. The van der Waals surface area contributed by atoms with Crippen molar-refractivity contribution in [2.45, 2.75) is 83.0 Å². The van der Waals surface area contributed by atoms with E-state index in [-0.39, 0.29) is 41.8 Å². The molecule has 3 aliphatic rings. The Hall–Kier alpha value is -3.75. The Morgan fingerprint density at radius 1 is 0.985 bits per heavy atom. The predicted octanol–water partition coefficient (Wildman–Crippen LogP) is 1.04. The summed E-state index contributed by atoms with van der Waals surface area (Å²) in [7, 11) is -16.4. The molecule has 30 heteroatoms. The van der Waals surface area contributed by atoms with E-state index < -0.39 is 78.6 Å². The second-order valence-electron chi connectivity index (χ2n) is 15.7. The number of carbonyl (C=O) groups is 3. The SMILES string of the molecule is CC(C)(COP(=O)(O)OP(=O)(O)OC[C@H]1O[C@@H](n2cnc3c(N)ncnc32)[C@H](O)[C@@H]1OP(=O)(O)O)[C@@H](O)C(=O)NCCC(=O)NCCSCCCCC(=O)NCCC1=C2C=CCC=C2N=C1. The summed E-state index contributed by atoms with van der Waals surface area (Å²) in [6, 6.07) is 0. The number of unbranched alkanes of at least 4 members (excludes halogenated alkanes) is 1. The van der Waals surface area contributed by atoms with E-state index in [1.807, 2.05) is 6.21 Å². The number of imidazole rings is 1. The number of allylic oxidation sites excluding steroid dienone is 3. The largest absolute Gasteiger partial charge is 0.481 e. The minimum absolute atomic E-state index is 0.00299. The summed E-state index contributed by atoms with van der Waals surface area (Å²) in [6.07, 6.45) is 4.81. The Kier molecular flexibility index (Phi) is 19.0. The molecule has 0 spiro atoms. The number of hydrogen-bond acceptors (Lipinski definition) is 19. The molecule has 2 aromatic heterocycles. The van der Waals surface area contributed by atoms with E-state index >= 15 is 0 Å². The van der Waals surface area contributed by atoms with Gasteiger partial charge >= 0.3 is 23.5 Å². The number of phosphoric ester groups is 3. The highest BCUT2D eigenvalue weighted by Gasteiger charge is 2.50. The number of fused-ring (bicyclic) bond motifs is 2. The number of phosphoric acid groups is 3. The van der Waals surface area contributed by atoms with Crippen molar-refractivity contribution in [3.05, 3.63) is 47.7 Å². The predicted molar refractivity (Wildman–Crippen MR) is 236 cm³/mol. The highest BCUT2D eigenvalue weighted by molar-refractivity contribution is 7.99. The van der Waals surface area contributed by atoms with Crippen molar-refractivity contribution < 1.29 is 80.5 Å². The molecule has 26 nitrogen and oxygen atoms in total. The van der Waals surface area contributed by atoms with Crippen LogP contribution in [0.3, 0.4) is 0 Å². The zero-order chi connectivity index (χ0) is 48.3. The standard InChI is InChI=1S/C36H54N9O17P3S/c1-36(2,31(49)34(50)40-13-11-27(47)39-14-16-66-15-6-5-9-26(46)38-12-10-22-17-41-24-8-4-3-7-23(22)24)19-59-65(56,57)62-64(54,55)58-18-25-30(61-63(51,52)53)29(48)35(60-25)45-21-44-28-32(37)42-20-43-33(28)45/h3,7-8,17,20-21,25,29-31,35,48-49H,4-6,9-16,18-19H2,1-2H3,(H,38,46)(H,39,47)(H,40,50)(H,54,55)(H,56,57)(H2,37,42,43)(H2,51,52,53)/t25-,29-,30-,31+,35-/m1/s1. The Balaban J connectivity index is 0.943. The number of anilines is 1. The fraction of sp³-hybridized carbons (Fsp3) is 0.583. The number of ether oxygens (including phenoxy) is 1. The molecule has 0 saturated carbocycles. The minimum Gasteiger partial charge on any atom is -0.386 e. The van der Waals surface area contributed by atoms with Gasteiger partial charge in [-0.2, -0.15) is 16.1 Å². The number of nitrogens with one attached hydrogen (secondary N) is 3. The Morgan fingerprint density at radius 3 is 2.47 bits per heavy atom. The molecule has 2 unspecified atom stereocenters. The Bertz CT molecular complexity index is 2340. The van der Waals surface area contributed by atoms with Gasteiger partial charge in [0.2, 0.25) is 17.7 Å². The molecule has 366 valence electrons. The third-order valence-electron chi connectivity index (χ3n) is 10.0. The van der Waals surface area contributed by atoms with Crippen molar-refractivity contribution in [3.63, 3.8) is 0 Å². The number of amides is 3. The molecule has 0 aromatic carbocycles. The molecule has 1 saturated heterocycles. The normalized spacial score (nSPS) is 21.8. The average molecular weight is 1010 g/mol. The Labute approximate surface area is 382 Å². The topological polar surface area (TPSA) is 388 Å². The first-order chi connectivity index (χ1) is 31.1. The van der Waals surface area contributed by atoms with Crippen LogP contribution in [-0.2, 0) is 50.7 Å². The van der Waals surface area contributed by atoms with Crippen LogP contribution in [-0.4, -0.2) is 142 Å². The molecule has 1 aliphatic carbocycles. The molecule has 11 N–H and O–H groups in total. The van der Waals surface area contributed by atoms with E-state index in [0.29, 0.717) is 31.7 Å². The molecular formula is C36H54N9O17P3S. The molecule has 2 aromatic rings. The second-order valence-corrected chi connectivity index (χ2v) is 21.1. The van der Waals surface area contributed by atoms with Crippen LogP contribution in [0.2, 0.25) is 0 Å². The second kappa shape index (κ2) is 23.5. The third-order valence-corrected chi connectivity index (χ3v) is 14.2. The molecule has 0 radical (unpaired) electrons. The van der Waals surface area contributed by atoms with Gasteiger partial charge in [-0.25, -0.2) is 28.6 Å². The van der Waals surface area contributed by atoms with Gasteiger partial charge in [0.1, 0.15) is 36.3 Å². The number of aromatic nitrogens is 4. The Morgan fingerprint density at radius 2 is 1.71 bits per heavy atom. The van der Waals surface area contributed by atoms with Crippen LogP contribution in [0.4, 0.5) is 5.82 Å². The van der Waals surface area contributed by atoms with E-state index in [2.05, 4.69) is 63.0 Å². The minimum atomic E-state index is -5.57. The van der Waals surface area contributed by atoms with Crippen molar-refractivity contribution >= 4 is 76.1 Å². The van der Waals surface area contributed by atoms with E-state index in [0.717, 1.165) is 59.1 Å². The van der Waals surface area contributed by atoms with Crippen LogP contribution in [0.25, 0.3) is 11.2 Å². The number of thioether (sulfide) groups is 1. The number of hydrogen-bond donors (Lipinski definition) is 10.